The van der Waals surface area contributed by atoms with E-state index >= 15 is 0 Å². The Morgan fingerprint density at radius 1 is 1.67 bits per heavy atom. The standard InChI is InChI=1S/C8H14N4/c1-8(2)3-5(8)7-10-6(4-9)11-12-7/h5H,3-4,9H2,1-2H3,(H,10,11,12). The number of H-pyrrole nitrogens is 1. The van der Waals surface area contributed by atoms with Crippen molar-refractivity contribution in [1.82, 2.24) is 15.2 Å². The predicted molar refractivity (Wildman–Crippen MR) is 45.4 cm³/mol. The van der Waals surface area contributed by atoms with Crippen LogP contribution in [0.2, 0.25) is 0 Å². The zero-order valence-electron chi connectivity index (χ0n) is 7.46. The summed E-state index contributed by atoms with van der Waals surface area (Å²) in [6, 6.07) is 0. The molecule has 2 rings (SSSR count). The minimum Gasteiger partial charge on any atom is -0.324 e. The van der Waals surface area contributed by atoms with Gasteiger partial charge >= 0.3 is 0 Å². The van der Waals surface area contributed by atoms with Gasteiger partial charge in [0, 0.05) is 5.92 Å². The average molecular weight is 166 g/mol. The number of hydrogen-bond acceptors (Lipinski definition) is 3. The number of rotatable bonds is 2. The van der Waals surface area contributed by atoms with E-state index in [-0.39, 0.29) is 0 Å². The van der Waals surface area contributed by atoms with E-state index in [0.717, 1.165) is 11.6 Å². The lowest BCUT2D eigenvalue weighted by Gasteiger charge is -1.96. The highest BCUT2D eigenvalue weighted by Crippen LogP contribution is 2.57. The monoisotopic (exact) mass is 166 g/mol. The second-order valence-electron chi connectivity index (χ2n) is 4.09. The highest BCUT2D eigenvalue weighted by atomic mass is 15.2. The molecule has 0 aliphatic heterocycles. The van der Waals surface area contributed by atoms with Crippen LogP contribution in [0.3, 0.4) is 0 Å². The summed E-state index contributed by atoms with van der Waals surface area (Å²) in [5, 5.41) is 6.96. The Balaban J connectivity index is 2.15. The molecule has 1 atom stereocenters. The maximum atomic E-state index is 5.42. The summed E-state index contributed by atoms with van der Waals surface area (Å²) in [6.45, 7) is 4.91. The summed E-state index contributed by atoms with van der Waals surface area (Å²) < 4.78 is 0. The molecular weight excluding hydrogens is 152 g/mol. The van der Waals surface area contributed by atoms with Crippen LogP contribution in [0, 0.1) is 5.41 Å². The van der Waals surface area contributed by atoms with Gasteiger partial charge in [-0.1, -0.05) is 13.8 Å². The minimum absolute atomic E-state index is 0.397. The van der Waals surface area contributed by atoms with E-state index in [9.17, 15) is 0 Å². The number of aromatic nitrogens is 3. The third kappa shape index (κ3) is 1.12. The smallest absolute Gasteiger partial charge is 0.154 e. The maximum Gasteiger partial charge on any atom is 0.154 e. The predicted octanol–water partition coefficient (Wildman–Crippen LogP) is 0.777. The summed E-state index contributed by atoms with van der Waals surface area (Å²) in [6.07, 6.45) is 1.19. The minimum atomic E-state index is 0.397. The van der Waals surface area contributed by atoms with Crippen molar-refractivity contribution < 1.29 is 0 Å². The fraction of sp³-hybridized carbons (Fsp3) is 0.750. The molecule has 4 nitrogen and oxygen atoms in total. The quantitative estimate of drug-likeness (QED) is 0.682. The van der Waals surface area contributed by atoms with Crippen molar-refractivity contribution in [1.29, 1.82) is 0 Å². The zero-order chi connectivity index (χ0) is 8.77. The molecule has 1 heterocycles. The Labute approximate surface area is 71.6 Å². The Kier molecular flexibility index (Phi) is 1.48. The lowest BCUT2D eigenvalue weighted by molar-refractivity contribution is 0.609. The molecule has 0 saturated heterocycles. The molecule has 1 aliphatic carbocycles. The fourth-order valence-electron chi connectivity index (χ4n) is 1.47. The van der Waals surface area contributed by atoms with E-state index in [2.05, 4.69) is 29.0 Å². The van der Waals surface area contributed by atoms with Crippen LogP contribution in [0.1, 0.15) is 37.8 Å². The molecule has 66 valence electrons. The number of aromatic amines is 1. The molecule has 3 N–H and O–H groups in total. The summed E-state index contributed by atoms with van der Waals surface area (Å²) in [4.78, 5) is 4.29. The second kappa shape index (κ2) is 2.29. The van der Waals surface area contributed by atoms with Crippen molar-refractivity contribution in [2.45, 2.75) is 32.7 Å². The summed E-state index contributed by atoms with van der Waals surface area (Å²) >= 11 is 0. The van der Waals surface area contributed by atoms with Crippen molar-refractivity contribution in [3.05, 3.63) is 11.6 Å². The van der Waals surface area contributed by atoms with Gasteiger partial charge in [0.15, 0.2) is 5.82 Å². The first-order valence-electron chi connectivity index (χ1n) is 4.25. The van der Waals surface area contributed by atoms with Gasteiger partial charge in [-0.25, -0.2) is 4.98 Å². The first-order valence-corrected chi connectivity index (χ1v) is 4.25. The molecule has 0 bridgehead atoms. The average Bonchev–Trinajstić information content (AvgIpc) is 2.52. The van der Waals surface area contributed by atoms with Crippen LogP contribution in [0.5, 0.6) is 0 Å². The Hall–Kier alpha value is -0.900. The SMILES string of the molecule is CC1(C)CC1c1n[nH]c(CN)n1. The first kappa shape index (κ1) is 7.73. The Bertz CT molecular complexity index is 289. The van der Waals surface area contributed by atoms with Gasteiger partial charge in [0.1, 0.15) is 5.82 Å². The molecule has 1 fully saturated rings. The van der Waals surface area contributed by atoms with Crippen LogP contribution in [-0.2, 0) is 6.54 Å². The van der Waals surface area contributed by atoms with Crippen LogP contribution in [-0.4, -0.2) is 15.2 Å². The van der Waals surface area contributed by atoms with Crippen molar-refractivity contribution in [3.63, 3.8) is 0 Å². The van der Waals surface area contributed by atoms with Gasteiger partial charge in [-0.3, -0.25) is 5.10 Å². The molecule has 1 aliphatic rings. The van der Waals surface area contributed by atoms with E-state index in [0.29, 0.717) is 17.9 Å². The molecule has 1 saturated carbocycles. The summed E-state index contributed by atoms with van der Waals surface area (Å²) in [5.41, 5.74) is 5.81. The summed E-state index contributed by atoms with van der Waals surface area (Å²) in [5.74, 6) is 2.25. The molecule has 4 heteroatoms. The van der Waals surface area contributed by atoms with Crippen LogP contribution < -0.4 is 5.73 Å². The van der Waals surface area contributed by atoms with E-state index < -0.39 is 0 Å². The maximum absolute atomic E-state index is 5.42. The summed E-state index contributed by atoms with van der Waals surface area (Å²) in [7, 11) is 0. The number of hydrogen-bond donors (Lipinski definition) is 2. The highest BCUT2D eigenvalue weighted by molar-refractivity contribution is 5.14. The van der Waals surface area contributed by atoms with Crippen LogP contribution in [0.4, 0.5) is 0 Å². The number of nitrogens with two attached hydrogens (primary N) is 1. The fourth-order valence-corrected chi connectivity index (χ4v) is 1.47. The van der Waals surface area contributed by atoms with Gasteiger partial charge in [0.2, 0.25) is 0 Å². The van der Waals surface area contributed by atoms with Gasteiger partial charge in [-0.2, -0.15) is 5.10 Å². The van der Waals surface area contributed by atoms with Gasteiger partial charge in [-0.05, 0) is 11.8 Å². The zero-order valence-corrected chi connectivity index (χ0v) is 7.46. The highest BCUT2D eigenvalue weighted by Gasteiger charge is 2.49. The van der Waals surface area contributed by atoms with Crippen molar-refractivity contribution in [2.24, 2.45) is 11.1 Å². The molecule has 1 aromatic heterocycles. The van der Waals surface area contributed by atoms with E-state index in [4.69, 9.17) is 5.73 Å². The molecule has 0 spiro atoms. The Morgan fingerprint density at radius 2 is 2.33 bits per heavy atom. The number of nitrogens with zero attached hydrogens (tertiary/aromatic N) is 2. The van der Waals surface area contributed by atoms with Crippen LogP contribution in [0.15, 0.2) is 0 Å². The van der Waals surface area contributed by atoms with Gasteiger partial charge < -0.3 is 5.73 Å². The molecule has 1 unspecified atom stereocenters. The van der Waals surface area contributed by atoms with E-state index in [1.807, 2.05) is 0 Å². The van der Waals surface area contributed by atoms with Crippen molar-refractivity contribution in [3.8, 4) is 0 Å². The lowest BCUT2D eigenvalue weighted by atomic mass is 10.1. The molecule has 12 heavy (non-hydrogen) atoms. The Morgan fingerprint density at radius 3 is 2.75 bits per heavy atom. The molecule has 0 radical (unpaired) electrons. The third-order valence-corrected chi connectivity index (χ3v) is 2.57. The first-order chi connectivity index (χ1) is 5.63. The molecule has 1 aromatic rings. The van der Waals surface area contributed by atoms with Crippen molar-refractivity contribution >= 4 is 0 Å². The van der Waals surface area contributed by atoms with Gasteiger partial charge in [0.25, 0.3) is 0 Å². The third-order valence-electron chi connectivity index (χ3n) is 2.57. The van der Waals surface area contributed by atoms with E-state index in [1.54, 1.807) is 0 Å². The topological polar surface area (TPSA) is 67.6 Å². The number of nitrogens with one attached hydrogen (secondary N) is 1. The molecular formula is C8H14N4. The lowest BCUT2D eigenvalue weighted by Crippen LogP contribution is -1.98. The van der Waals surface area contributed by atoms with Crippen LogP contribution in [0.25, 0.3) is 0 Å². The molecule has 0 aromatic carbocycles. The largest absolute Gasteiger partial charge is 0.324 e. The van der Waals surface area contributed by atoms with E-state index in [1.165, 1.54) is 6.42 Å². The van der Waals surface area contributed by atoms with Crippen molar-refractivity contribution in [2.75, 3.05) is 0 Å². The molecule has 0 amide bonds. The second-order valence-corrected chi connectivity index (χ2v) is 4.09. The normalized spacial score (nSPS) is 25.8. The van der Waals surface area contributed by atoms with Crippen LogP contribution >= 0.6 is 0 Å². The van der Waals surface area contributed by atoms with Gasteiger partial charge in [-0.15, -0.1) is 0 Å². The van der Waals surface area contributed by atoms with Gasteiger partial charge in [0.05, 0.1) is 6.54 Å².